The van der Waals surface area contributed by atoms with Crippen molar-refractivity contribution in [3.05, 3.63) is 65.2 Å². The Kier molecular flexibility index (Phi) is 6.32. The number of rotatable bonds is 7. The number of benzene rings is 2. The highest BCUT2D eigenvalue weighted by Crippen LogP contribution is 2.17. The van der Waals surface area contributed by atoms with Gasteiger partial charge in [-0.1, -0.05) is 48.0 Å². The molecule has 0 aliphatic carbocycles. The molecule has 0 aromatic heterocycles. The van der Waals surface area contributed by atoms with Gasteiger partial charge < -0.3 is 15.7 Å². The second-order valence-corrected chi connectivity index (χ2v) is 5.72. The third-order valence-corrected chi connectivity index (χ3v) is 3.78. The zero-order valence-corrected chi connectivity index (χ0v) is 13.7. The van der Waals surface area contributed by atoms with E-state index in [0.29, 0.717) is 6.42 Å². The van der Waals surface area contributed by atoms with Crippen LogP contribution in [-0.4, -0.2) is 24.2 Å². The van der Waals surface area contributed by atoms with Crippen molar-refractivity contribution >= 4 is 11.6 Å². The van der Waals surface area contributed by atoms with Crippen LogP contribution in [0.15, 0.2) is 48.5 Å². The molecule has 0 bridgehead atoms. The van der Waals surface area contributed by atoms with E-state index in [2.05, 4.69) is 10.6 Å². The summed E-state index contributed by atoms with van der Waals surface area (Å²) < 4.78 is 0. The number of aryl methyl sites for hydroxylation is 2. The maximum Gasteiger partial charge on any atom is 0.238 e. The van der Waals surface area contributed by atoms with Crippen molar-refractivity contribution in [1.82, 2.24) is 5.32 Å². The minimum absolute atomic E-state index is 0.0361. The molecule has 2 rings (SSSR count). The number of hydrogen-bond donors (Lipinski definition) is 3. The van der Waals surface area contributed by atoms with Gasteiger partial charge in [-0.05, 0) is 37.5 Å². The molecule has 3 N–H and O–H groups in total. The van der Waals surface area contributed by atoms with Crippen LogP contribution < -0.4 is 10.6 Å². The fraction of sp³-hybridized carbons (Fsp3) is 0.316. The fourth-order valence-corrected chi connectivity index (χ4v) is 2.57. The van der Waals surface area contributed by atoms with Gasteiger partial charge in [-0.15, -0.1) is 0 Å². The maximum absolute atomic E-state index is 12.2. The summed E-state index contributed by atoms with van der Waals surface area (Å²) in [4.78, 5) is 12.2. The van der Waals surface area contributed by atoms with E-state index >= 15 is 0 Å². The third kappa shape index (κ3) is 5.20. The van der Waals surface area contributed by atoms with Crippen LogP contribution in [0, 0.1) is 13.8 Å². The lowest BCUT2D eigenvalue weighted by molar-refractivity contribution is -0.115. The summed E-state index contributed by atoms with van der Waals surface area (Å²) in [5.74, 6) is -0.0872. The van der Waals surface area contributed by atoms with E-state index in [4.69, 9.17) is 0 Å². The number of aliphatic hydroxyl groups excluding tert-OH is 1. The monoisotopic (exact) mass is 312 g/mol. The molecule has 1 amide bonds. The van der Waals surface area contributed by atoms with Crippen LogP contribution in [0.4, 0.5) is 5.69 Å². The first-order chi connectivity index (χ1) is 11.1. The Balaban J connectivity index is 1.94. The molecule has 2 aromatic carbocycles. The fourth-order valence-electron chi connectivity index (χ4n) is 2.57. The quantitative estimate of drug-likeness (QED) is 0.736. The lowest BCUT2D eigenvalue weighted by atomic mass is 10.0. The van der Waals surface area contributed by atoms with Gasteiger partial charge >= 0.3 is 0 Å². The molecule has 4 heteroatoms. The molecular weight excluding hydrogens is 288 g/mol. The zero-order chi connectivity index (χ0) is 16.7. The van der Waals surface area contributed by atoms with Crippen LogP contribution in [0.25, 0.3) is 0 Å². The molecule has 2 aromatic rings. The van der Waals surface area contributed by atoms with Crippen LogP contribution >= 0.6 is 0 Å². The highest BCUT2D eigenvalue weighted by molar-refractivity contribution is 5.93. The van der Waals surface area contributed by atoms with Crippen molar-refractivity contribution in [2.75, 3.05) is 18.5 Å². The molecule has 0 radical (unpaired) electrons. The van der Waals surface area contributed by atoms with Gasteiger partial charge in [0.25, 0.3) is 0 Å². The summed E-state index contributed by atoms with van der Waals surface area (Å²) in [5.41, 5.74) is 4.13. The average molecular weight is 312 g/mol. The minimum Gasteiger partial charge on any atom is -0.396 e. The van der Waals surface area contributed by atoms with Crippen molar-refractivity contribution in [2.24, 2.45) is 0 Å². The first-order valence-corrected chi connectivity index (χ1v) is 7.86. The molecule has 0 aliphatic heterocycles. The summed E-state index contributed by atoms with van der Waals surface area (Å²) >= 11 is 0. The molecular formula is C19H24N2O2. The van der Waals surface area contributed by atoms with Crippen LogP contribution in [0.5, 0.6) is 0 Å². The first kappa shape index (κ1) is 17.2. The number of amides is 1. The number of carbonyl (C=O) groups is 1. The van der Waals surface area contributed by atoms with Crippen LogP contribution in [0.2, 0.25) is 0 Å². The zero-order valence-electron chi connectivity index (χ0n) is 13.7. The van der Waals surface area contributed by atoms with Gasteiger partial charge in [-0.3, -0.25) is 4.79 Å². The highest BCUT2D eigenvalue weighted by atomic mass is 16.3. The summed E-state index contributed by atoms with van der Waals surface area (Å²) in [6.45, 7) is 4.28. The largest absolute Gasteiger partial charge is 0.396 e. The van der Waals surface area contributed by atoms with E-state index in [1.807, 2.05) is 62.4 Å². The molecule has 0 saturated heterocycles. The van der Waals surface area contributed by atoms with E-state index in [0.717, 1.165) is 16.8 Å². The molecule has 1 atom stereocenters. The first-order valence-electron chi connectivity index (χ1n) is 7.86. The summed E-state index contributed by atoms with van der Waals surface area (Å²) in [6.07, 6.45) is 0.570. The molecule has 1 unspecified atom stereocenters. The Hall–Kier alpha value is -2.17. The third-order valence-electron chi connectivity index (χ3n) is 3.78. The smallest absolute Gasteiger partial charge is 0.238 e. The van der Waals surface area contributed by atoms with Crippen molar-refractivity contribution in [1.29, 1.82) is 0 Å². The SMILES string of the molecule is Cc1ccc(NC(=O)CNC(CCO)c2ccccc2)c(C)c1. The summed E-state index contributed by atoms with van der Waals surface area (Å²) in [7, 11) is 0. The van der Waals surface area contributed by atoms with Gasteiger partial charge in [0.1, 0.15) is 0 Å². The normalized spacial score (nSPS) is 12.0. The standard InChI is InChI=1S/C19H24N2O2/c1-14-8-9-17(15(2)12-14)21-19(23)13-20-18(10-11-22)16-6-4-3-5-7-16/h3-9,12,18,20,22H,10-11,13H2,1-2H3,(H,21,23). The highest BCUT2D eigenvalue weighted by Gasteiger charge is 2.12. The number of hydrogen-bond acceptors (Lipinski definition) is 3. The van der Waals surface area contributed by atoms with E-state index < -0.39 is 0 Å². The van der Waals surface area contributed by atoms with Gasteiger partial charge in [-0.25, -0.2) is 0 Å². The van der Waals surface area contributed by atoms with Crippen molar-refractivity contribution in [2.45, 2.75) is 26.3 Å². The van der Waals surface area contributed by atoms with Crippen LogP contribution in [0.3, 0.4) is 0 Å². The van der Waals surface area contributed by atoms with E-state index in [9.17, 15) is 9.90 Å². The lowest BCUT2D eigenvalue weighted by Gasteiger charge is -2.18. The second kappa shape index (κ2) is 8.46. The predicted octanol–water partition coefficient (Wildman–Crippen LogP) is 2.96. The van der Waals surface area contributed by atoms with Crippen molar-refractivity contribution in [3.8, 4) is 0 Å². The Bertz CT molecular complexity index is 641. The van der Waals surface area contributed by atoms with Gasteiger partial charge in [0.05, 0.1) is 6.54 Å². The van der Waals surface area contributed by atoms with E-state index in [-0.39, 0.29) is 25.1 Å². The average Bonchev–Trinajstić information content (AvgIpc) is 2.55. The number of aliphatic hydroxyl groups is 1. The van der Waals surface area contributed by atoms with Gasteiger partial charge in [0.2, 0.25) is 5.91 Å². The summed E-state index contributed by atoms with van der Waals surface area (Å²) in [5, 5.41) is 15.4. The molecule has 0 aliphatic rings. The lowest BCUT2D eigenvalue weighted by Crippen LogP contribution is -2.32. The second-order valence-electron chi connectivity index (χ2n) is 5.72. The minimum atomic E-state index is -0.0872. The summed E-state index contributed by atoms with van der Waals surface area (Å²) in [6, 6.07) is 15.8. The topological polar surface area (TPSA) is 61.4 Å². The number of anilines is 1. The van der Waals surface area contributed by atoms with E-state index in [1.54, 1.807) is 0 Å². The van der Waals surface area contributed by atoms with Gasteiger partial charge in [0, 0.05) is 18.3 Å². The van der Waals surface area contributed by atoms with Crippen molar-refractivity contribution < 1.29 is 9.90 Å². The van der Waals surface area contributed by atoms with Gasteiger partial charge in [-0.2, -0.15) is 0 Å². The van der Waals surface area contributed by atoms with Crippen LogP contribution in [-0.2, 0) is 4.79 Å². The van der Waals surface area contributed by atoms with Crippen LogP contribution in [0.1, 0.15) is 29.2 Å². The van der Waals surface area contributed by atoms with Crippen molar-refractivity contribution in [3.63, 3.8) is 0 Å². The number of nitrogens with one attached hydrogen (secondary N) is 2. The molecule has 122 valence electrons. The Morgan fingerprint density at radius 1 is 1.13 bits per heavy atom. The Labute approximate surface area is 137 Å². The Morgan fingerprint density at radius 3 is 2.52 bits per heavy atom. The Morgan fingerprint density at radius 2 is 1.87 bits per heavy atom. The molecule has 0 heterocycles. The molecule has 23 heavy (non-hydrogen) atoms. The number of carbonyl (C=O) groups excluding carboxylic acids is 1. The molecule has 0 spiro atoms. The predicted molar refractivity (Wildman–Crippen MR) is 93.4 cm³/mol. The van der Waals surface area contributed by atoms with Gasteiger partial charge in [0.15, 0.2) is 0 Å². The molecule has 0 saturated carbocycles. The molecule has 4 nitrogen and oxygen atoms in total. The maximum atomic E-state index is 12.2. The molecule has 0 fully saturated rings. The van der Waals surface area contributed by atoms with E-state index in [1.165, 1.54) is 5.56 Å².